The molecular weight excluding hydrogens is 319 g/mol. The molecule has 0 aliphatic rings. The molecule has 0 bridgehead atoms. The van der Waals surface area contributed by atoms with Crippen LogP contribution in [0.25, 0.3) is 0 Å². The maximum Gasteiger partial charge on any atom is 0.127 e. The molecule has 0 amide bonds. The van der Waals surface area contributed by atoms with Crippen molar-refractivity contribution >= 4 is 15.9 Å². The zero-order valence-corrected chi connectivity index (χ0v) is 13.5. The van der Waals surface area contributed by atoms with Crippen LogP contribution in [0.4, 0.5) is 4.39 Å². The zero-order chi connectivity index (χ0) is 14.9. The molecule has 1 unspecified atom stereocenters. The topological polar surface area (TPSA) is 20.2 Å². The van der Waals surface area contributed by atoms with Crippen LogP contribution in [0.2, 0.25) is 0 Å². The minimum atomic E-state index is -1.09. The van der Waals surface area contributed by atoms with Crippen LogP contribution in [0, 0.1) is 19.7 Å². The fourth-order valence-corrected chi connectivity index (χ4v) is 2.55. The first kappa shape index (κ1) is 15.2. The summed E-state index contributed by atoms with van der Waals surface area (Å²) in [6.07, 6.45) is 0.245. The highest BCUT2D eigenvalue weighted by Gasteiger charge is 2.25. The lowest BCUT2D eigenvalue weighted by atomic mass is 9.87. The van der Waals surface area contributed by atoms with Gasteiger partial charge in [-0.2, -0.15) is 0 Å². The third-order valence-corrected chi connectivity index (χ3v) is 4.17. The van der Waals surface area contributed by atoms with E-state index in [0.29, 0.717) is 10.0 Å². The molecule has 0 saturated carbocycles. The molecule has 2 rings (SSSR count). The molecule has 0 saturated heterocycles. The Morgan fingerprint density at radius 2 is 1.80 bits per heavy atom. The first-order valence-corrected chi connectivity index (χ1v) is 7.33. The number of hydrogen-bond donors (Lipinski definition) is 1. The van der Waals surface area contributed by atoms with E-state index in [4.69, 9.17) is 0 Å². The third-order valence-electron chi connectivity index (χ3n) is 3.68. The van der Waals surface area contributed by atoms with Crippen LogP contribution in [0.15, 0.2) is 40.9 Å². The lowest BCUT2D eigenvalue weighted by molar-refractivity contribution is 0.0566. The first-order chi connectivity index (χ1) is 9.29. The second-order valence-electron chi connectivity index (χ2n) is 5.49. The van der Waals surface area contributed by atoms with Gasteiger partial charge in [0.2, 0.25) is 0 Å². The van der Waals surface area contributed by atoms with E-state index in [-0.39, 0.29) is 12.2 Å². The Bertz CT molecular complexity index is 635. The van der Waals surface area contributed by atoms with Crippen LogP contribution in [0.3, 0.4) is 0 Å². The number of aryl methyl sites for hydroxylation is 2. The molecule has 1 atom stereocenters. The Kier molecular flexibility index (Phi) is 4.31. The summed E-state index contributed by atoms with van der Waals surface area (Å²) >= 11 is 3.24. The van der Waals surface area contributed by atoms with Crippen molar-refractivity contribution in [3.8, 4) is 0 Å². The van der Waals surface area contributed by atoms with E-state index in [1.807, 2.05) is 32.0 Å². The largest absolute Gasteiger partial charge is 0.385 e. The molecule has 0 fully saturated rings. The fourth-order valence-electron chi connectivity index (χ4n) is 2.21. The average Bonchev–Trinajstić information content (AvgIpc) is 2.36. The Labute approximate surface area is 127 Å². The van der Waals surface area contributed by atoms with Gasteiger partial charge in [-0.1, -0.05) is 40.2 Å². The number of rotatable bonds is 3. The van der Waals surface area contributed by atoms with Crippen molar-refractivity contribution in [2.75, 3.05) is 0 Å². The number of benzene rings is 2. The van der Waals surface area contributed by atoms with Crippen molar-refractivity contribution in [3.63, 3.8) is 0 Å². The lowest BCUT2D eigenvalue weighted by Gasteiger charge is -2.25. The van der Waals surface area contributed by atoms with Crippen LogP contribution in [0.1, 0.15) is 29.2 Å². The molecule has 0 spiro atoms. The molecule has 3 heteroatoms. The maximum atomic E-state index is 13.9. The van der Waals surface area contributed by atoms with Gasteiger partial charge in [-0.05, 0) is 55.2 Å². The van der Waals surface area contributed by atoms with E-state index >= 15 is 0 Å². The summed E-state index contributed by atoms with van der Waals surface area (Å²) < 4.78 is 14.6. The minimum Gasteiger partial charge on any atom is -0.385 e. The molecule has 0 radical (unpaired) electrons. The number of aliphatic hydroxyl groups is 1. The van der Waals surface area contributed by atoms with Gasteiger partial charge in [0.05, 0.1) is 5.60 Å². The van der Waals surface area contributed by atoms with Gasteiger partial charge in [0.25, 0.3) is 0 Å². The predicted octanol–water partition coefficient (Wildman–Crippen LogP) is 4.66. The molecule has 2 aromatic carbocycles. The molecule has 0 aliphatic heterocycles. The van der Waals surface area contributed by atoms with Crippen molar-refractivity contribution in [1.82, 2.24) is 0 Å². The summed E-state index contributed by atoms with van der Waals surface area (Å²) in [7, 11) is 0. The summed E-state index contributed by atoms with van der Waals surface area (Å²) in [6.45, 7) is 5.76. The van der Waals surface area contributed by atoms with E-state index in [0.717, 1.165) is 11.1 Å². The molecule has 20 heavy (non-hydrogen) atoms. The van der Waals surface area contributed by atoms with Crippen molar-refractivity contribution in [3.05, 3.63) is 68.9 Å². The van der Waals surface area contributed by atoms with E-state index in [2.05, 4.69) is 15.9 Å². The van der Waals surface area contributed by atoms with Gasteiger partial charge in [0.1, 0.15) is 5.82 Å². The lowest BCUT2D eigenvalue weighted by Crippen LogP contribution is -2.25. The highest BCUT2D eigenvalue weighted by atomic mass is 79.9. The first-order valence-electron chi connectivity index (χ1n) is 6.53. The Balaban J connectivity index is 2.32. The smallest absolute Gasteiger partial charge is 0.127 e. The highest BCUT2D eigenvalue weighted by Crippen LogP contribution is 2.28. The third kappa shape index (κ3) is 3.28. The van der Waals surface area contributed by atoms with E-state index < -0.39 is 5.60 Å². The quantitative estimate of drug-likeness (QED) is 0.864. The highest BCUT2D eigenvalue weighted by molar-refractivity contribution is 9.10. The Morgan fingerprint density at radius 3 is 2.40 bits per heavy atom. The Hall–Kier alpha value is -1.19. The van der Waals surface area contributed by atoms with Gasteiger partial charge < -0.3 is 5.11 Å². The van der Waals surface area contributed by atoms with Crippen LogP contribution in [0.5, 0.6) is 0 Å². The molecule has 1 N–H and O–H groups in total. The normalized spacial score (nSPS) is 14.1. The predicted molar refractivity (Wildman–Crippen MR) is 83.3 cm³/mol. The standard InChI is InChI=1S/C17H18BrFO/c1-11-4-6-14(8-12(11)2)17(3,20)10-13-5-7-15(18)9-16(13)19/h4-9,20H,10H2,1-3H3. The molecule has 106 valence electrons. The van der Waals surface area contributed by atoms with Crippen molar-refractivity contribution in [1.29, 1.82) is 0 Å². The van der Waals surface area contributed by atoms with Gasteiger partial charge in [-0.15, -0.1) is 0 Å². The van der Waals surface area contributed by atoms with Crippen LogP contribution < -0.4 is 0 Å². The molecule has 0 aliphatic carbocycles. The van der Waals surface area contributed by atoms with E-state index in [1.54, 1.807) is 19.1 Å². The van der Waals surface area contributed by atoms with Crippen LogP contribution >= 0.6 is 15.9 Å². The van der Waals surface area contributed by atoms with E-state index in [1.165, 1.54) is 11.6 Å². The van der Waals surface area contributed by atoms with Gasteiger partial charge in [0, 0.05) is 10.9 Å². The average molecular weight is 337 g/mol. The fraction of sp³-hybridized carbons (Fsp3) is 0.294. The zero-order valence-electron chi connectivity index (χ0n) is 11.9. The molecular formula is C17H18BrFO. The van der Waals surface area contributed by atoms with Crippen LogP contribution in [-0.4, -0.2) is 5.11 Å². The summed E-state index contributed by atoms with van der Waals surface area (Å²) in [5.74, 6) is -0.302. The van der Waals surface area contributed by atoms with Crippen molar-refractivity contribution in [2.24, 2.45) is 0 Å². The van der Waals surface area contributed by atoms with Crippen LogP contribution in [-0.2, 0) is 12.0 Å². The second kappa shape index (κ2) is 5.66. The number of halogens is 2. The van der Waals surface area contributed by atoms with E-state index in [9.17, 15) is 9.50 Å². The van der Waals surface area contributed by atoms with Crippen molar-refractivity contribution < 1.29 is 9.50 Å². The van der Waals surface area contributed by atoms with Gasteiger partial charge in [0.15, 0.2) is 0 Å². The number of hydrogen-bond acceptors (Lipinski definition) is 1. The van der Waals surface area contributed by atoms with Gasteiger partial charge in [-0.3, -0.25) is 0 Å². The summed E-state index contributed by atoms with van der Waals surface area (Å²) in [5, 5.41) is 10.7. The SMILES string of the molecule is Cc1ccc(C(C)(O)Cc2ccc(Br)cc2F)cc1C. The maximum absolute atomic E-state index is 13.9. The van der Waals surface area contributed by atoms with Gasteiger partial charge in [-0.25, -0.2) is 4.39 Å². The van der Waals surface area contributed by atoms with Gasteiger partial charge >= 0.3 is 0 Å². The molecule has 0 aromatic heterocycles. The summed E-state index contributed by atoms with van der Waals surface area (Å²) in [5.41, 5.74) is 2.53. The van der Waals surface area contributed by atoms with Crippen molar-refractivity contribution in [2.45, 2.75) is 32.8 Å². The molecule has 2 aromatic rings. The minimum absolute atomic E-state index is 0.245. The molecule has 1 nitrogen and oxygen atoms in total. The second-order valence-corrected chi connectivity index (χ2v) is 6.40. The monoisotopic (exact) mass is 336 g/mol. The summed E-state index contributed by atoms with van der Waals surface area (Å²) in [6, 6.07) is 10.8. The Morgan fingerprint density at radius 1 is 1.10 bits per heavy atom. The summed E-state index contributed by atoms with van der Waals surface area (Å²) in [4.78, 5) is 0. The molecule has 0 heterocycles.